The largest absolute Gasteiger partial charge is 0.370 e. The maximum atomic E-state index is 11.9. The van der Waals surface area contributed by atoms with Crippen molar-refractivity contribution in [2.45, 2.75) is 121 Å². The zero-order valence-corrected chi connectivity index (χ0v) is 31.4. The van der Waals surface area contributed by atoms with Gasteiger partial charge in [-0.05, 0) is 144 Å². The summed E-state index contributed by atoms with van der Waals surface area (Å²) in [5, 5.41) is 9.18. The highest BCUT2D eigenvalue weighted by molar-refractivity contribution is 5.74. The quantitative estimate of drug-likeness (QED) is 0.150. The van der Waals surface area contributed by atoms with Gasteiger partial charge in [0.1, 0.15) is 0 Å². The van der Waals surface area contributed by atoms with Crippen LogP contribution in [-0.2, 0) is 30.5 Å². The van der Waals surface area contributed by atoms with E-state index in [1.807, 2.05) is 30.7 Å². The molecule has 0 radical (unpaired) electrons. The lowest BCUT2D eigenvalue weighted by molar-refractivity contribution is -0.118. The summed E-state index contributed by atoms with van der Waals surface area (Å²) in [6, 6.07) is 16.0. The zero-order chi connectivity index (χ0) is 36.6. The molecule has 0 saturated carbocycles. The van der Waals surface area contributed by atoms with Crippen LogP contribution in [0.1, 0.15) is 138 Å². The van der Waals surface area contributed by atoms with Gasteiger partial charge >= 0.3 is 0 Å². The third-order valence-electron chi connectivity index (χ3n) is 11.4. The van der Waals surface area contributed by atoms with E-state index in [0.717, 1.165) is 92.5 Å². The van der Waals surface area contributed by atoms with Crippen LogP contribution in [0.4, 0.5) is 0 Å². The molecule has 0 unspecified atom stereocenters. The molecule has 0 aliphatic carbocycles. The average molecular weight is 699 g/mol. The molecule has 6 heterocycles. The minimum atomic E-state index is -0.284. The van der Waals surface area contributed by atoms with E-state index in [4.69, 9.17) is 25.7 Å². The van der Waals surface area contributed by atoms with Crippen LogP contribution >= 0.6 is 0 Å². The van der Waals surface area contributed by atoms with Crippen molar-refractivity contribution in [3.8, 4) is 6.07 Å². The van der Waals surface area contributed by atoms with E-state index in [-0.39, 0.29) is 30.1 Å². The highest BCUT2D eigenvalue weighted by atomic mass is 16.1. The molecule has 6 rings (SSSR count). The summed E-state index contributed by atoms with van der Waals surface area (Å²) in [4.78, 5) is 36.5. The maximum absolute atomic E-state index is 11.9. The Kier molecular flexibility index (Phi) is 12.4. The van der Waals surface area contributed by atoms with Crippen molar-refractivity contribution in [1.82, 2.24) is 29.7 Å². The van der Waals surface area contributed by atoms with Gasteiger partial charge < -0.3 is 5.73 Å². The number of aromatic nitrogens is 4. The highest BCUT2D eigenvalue weighted by Crippen LogP contribution is 2.42. The number of amides is 1. The predicted octanol–water partition coefficient (Wildman–Crippen LogP) is 7.73. The van der Waals surface area contributed by atoms with E-state index in [9.17, 15) is 10.1 Å². The standard InChI is InChI=1S/C43H54N8O/c1-29-11-9-23-46-40(29)35-16-6-19-38(50(35)3)43-34(20-21-39(45)52)26-32(28-49-43)13-5-12-31-25-30(2)41(48-27-31)36-17-7-18-37(51(36)4)42-33(14-8-22-44)15-10-24-47-42/h9-11,15,23-28,35-38H,5-8,12-14,16-21H2,1-4H3,(H2,45,52)/t35-,36-,37+,38+/m0/s1. The average Bonchev–Trinajstić information content (AvgIpc) is 3.14. The van der Waals surface area contributed by atoms with Crippen LogP contribution in [0.25, 0.3) is 0 Å². The van der Waals surface area contributed by atoms with Crippen LogP contribution in [0, 0.1) is 25.2 Å². The minimum Gasteiger partial charge on any atom is -0.370 e. The molecule has 1 amide bonds. The lowest BCUT2D eigenvalue weighted by Crippen LogP contribution is -2.35. The first-order valence-electron chi connectivity index (χ1n) is 19.1. The number of rotatable bonds is 13. The number of carbonyl (C=O) groups excluding carboxylic acids is 1. The van der Waals surface area contributed by atoms with Gasteiger partial charge in [0, 0.05) is 37.6 Å². The van der Waals surface area contributed by atoms with E-state index in [0.29, 0.717) is 19.3 Å². The van der Waals surface area contributed by atoms with Gasteiger partial charge in [0.05, 0.1) is 53.0 Å². The summed E-state index contributed by atoms with van der Waals surface area (Å²) in [5.41, 5.74) is 17.3. The molecule has 0 aromatic carbocycles. The second kappa shape index (κ2) is 17.3. The SMILES string of the molecule is Cc1cc(CCCc2cnc([C@H]3CCC[C@@H](c4ncccc4C)N3C)c(CCC(N)=O)c2)cnc1[C@@H]1CCC[C@H](c2ncccc2CCC#N)N1C. The van der Waals surface area contributed by atoms with Gasteiger partial charge in [0.15, 0.2) is 0 Å². The number of piperidine rings is 2. The molecule has 2 N–H and O–H groups in total. The smallest absolute Gasteiger partial charge is 0.217 e. The Labute approximate surface area is 309 Å². The van der Waals surface area contributed by atoms with E-state index in [1.165, 1.54) is 27.8 Å². The molecule has 4 aromatic heterocycles. The summed E-state index contributed by atoms with van der Waals surface area (Å²) in [6.45, 7) is 4.33. The van der Waals surface area contributed by atoms with Crippen LogP contribution in [0.2, 0.25) is 0 Å². The fraction of sp³-hybridized carbons (Fsp3) is 0.488. The molecular formula is C43H54N8O. The molecule has 0 bridgehead atoms. The number of nitrogens with zero attached hydrogens (tertiary/aromatic N) is 7. The van der Waals surface area contributed by atoms with Gasteiger partial charge in [-0.2, -0.15) is 5.26 Å². The number of pyridine rings is 4. The fourth-order valence-electron chi connectivity index (χ4n) is 8.67. The van der Waals surface area contributed by atoms with Crippen LogP contribution in [0.5, 0.6) is 0 Å². The fourth-order valence-corrected chi connectivity index (χ4v) is 8.67. The van der Waals surface area contributed by atoms with Gasteiger partial charge in [0.2, 0.25) is 5.91 Å². The molecule has 2 aliphatic rings. The zero-order valence-electron chi connectivity index (χ0n) is 31.4. The molecule has 2 aliphatic heterocycles. The Morgan fingerprint density at radius 2 is 1.27 bits per heavy atom. The van der Waals surface area contributed by atoms with Crippen LogP contribution in [0.3, 0.4) is 0 Å². The van der Waals surface area contributed by atoms with Crippen molar-refractivity contribution >= 4 is 5.91 Å². The van der Waals surface area contributed by atoms with Crippen LogP contribution < -0.4 is 5.73 Å². The predicted molar refractivity (Wildman–Crippen MR) is 204 cm³/mol. The lowest BCUT2D eigenvalue weighted by atomic mass is 9.88. The van der Waals surface area contributed by atoms with Gasteiger partial charge in [-0.1, -0.05) is 24.3 Å². The topological polar surface area (TPSA) is 125 Å². The molecule has 272 valence electrons. The molecular weight excluding hydrogens is 645 g/mol. The van der Waals surface area contributed by atoms with Crippen LogP contribution in [0.15, 0.2) is 61.2 Å². The van der Waals surface area contributed by atoms with E-state index in [1.54, 1.807) is 0 Å². The maximum Gasteiger partial charge on any atom is 0.217 e. The van der Waals surface area contributed by atoms with E-state index >= 15 is 0 Å². The second-order valence-electron chi connectivity index (χ2n) is 14.9. The Balaban J connectivity index is 1.12. The molecule has 2 saturated heterocycles. The number of nitrogens with two attached hydrogens (primary N) is 1. The second-order valence-corrected chi connectivity index (χ2v) is 14.9. The van der Waals surface area contributed by atoms with Crippen molar-refractivity contribution in [2.75, 3.05) is 14.1 Å². The molecule has 52 heavy (non-hydrogen) atoms. The summed E-state index contributed by atoms with van der Waals surface area (Å²) >= 11 is 0. The highest BCUT2D eigenvalue weighted by Gasteiger charge is 2.34. The first-order valence-corrected chi connectivity index (χ1v) is 19.1. The third-order valence-corrected chi connectivity index (χ3v) is 11.4. The molecule has 9 heteroatoms. The number of primary amides is 1. The van der Waals surface area contributed by atoms with E-state index in [2.05, 4.69) is 74.3 Å². The summed E-state index contributed by atoms with van der Waals surface area (Å²) in [7, 11) is 4.40. The van der Waals surface area contributed by atoms with Crippen molar-refractivity contribution in [3.63, 3.8) is 0 Å². The van der Waals surface area contributed by atoms with E-state index < -0.39 is 0 Å². The van der Waals surface area contributed by atoms with Crippen molar-refractivity contribution < 1.29 is 4.79 Å². The number of hydrogen-bond donors (Lipinski definition) is 1. The Hall–Kier alpha value is -4.52. The number of aryl methyl sites for hydroxylation is 6. The molecule has 0 spiro atoms. The van der Waals surface area contributed by atoms with Crippen molar-refractivity contribution in [3.05, 3.63) is 117 Å². The van der Waals surface area contributed by atoms with Gasteiger partial charge in [-0.15, -0.1) is 0 Å². The Morgan fingerprint density at radius 1 is 0.731 bits per heavy atom. The van der Waals surface area contributed by atoms with Crippen LogP contribution in [-0.4, -0.2) is 49.7 Å². The first-order chi connectivity index (χ1) is 25.2. The Bertz CT molecular complexity index is 1890. The molecule has 9 nitrogen and oxygen atoms in total. The molecule has 2 fully saturated rings. The van der Waals surface area contributed by atoms with Gasteiger partial charge in [0.25, 0.3) is 0 Å². The number of likely N-dealkylation sites (tertiary alicyclic amines) is 2. The lowest BCUT2D eigenvalue weighted by Gasteiger charge is -2.40. The molecule has 4 atom stereocenters. The minimum absolute atomic E-state index is 0.165. The molecule has 4 aromatic rings. The first kappa shape index (κ1) is 37.2. The summed E-state index contributed by atoms with van der Waals surface area (Å²) in [6.07, 6.45) is 19.3. The van der Waals surface area contributed by atoms with Gasteiger partial charge in [-0.3, -0.25) is 34.5 Å². The number of hydrogen-bond acceptors (Lipinski definition) is 8. The monoisotopic (exact) mass is 698 g/mol. The summed E-state index contributed by atoms with van der Waals surface area (Å²) in [5.74, 6) is -0.284. The summed E-state index contributed by atoms with van der Waals surface area (Å²) < 4.78 is 0. The van der Waals surface area contributed by atoms with Gasteiger partial charge in [-0.25, -0.2) is 0 Å². The van der Waals surface area contributed by atoms with Crippen molar-refractivity contribution in [2.24, 2.45) is 5.73 Å². The number of carbonyl (C=O) groups is 1. The number of nitriles is 1. The normalized spacial score (nSPS) is 21.1. The Morgan fingerprint density at radius 3 is 1.87 bits per heavy atom. The van der Waals surface area contributed by atoms with Crippen molar-refractivity contribution in [1.29, 1.82) is 5.26 Å². The third kappa shape index (κ3) is 8.57.